The zero-order valence-electron chi connectivity index (χ0n) is 10.9. The van der Waals surface area contributed by atoms with E-state index in [9.17, 15) is 4.79 Å². The average molecular weight is 359 g/mol. The van der Waals surface area contributed by atoms with Gasteiger partial charge in [0.15, 0.2) is 0 Å². The first kappa shape index (κ1) is 12.9. The number of hydrogen-bond acceptors (Lipinski definition) is 3. The van der Waals surface area contributed by atoms with E-state index in [-0.39, 0.29) is 11.9 Å². The van der Waals surface area contributed by atoms with Crippen LogP contribution in [0, 0.1) is 0 Å². The third kappa shape index (κ3) is 2.13. The Morgan fingerprint density at radius 2 is 2.10 bits per heavy atom. The zero-order valence-corrected chi connectivity index (χ0v) is 13.3. The molecule has 3 nitrogen and oxygen atoms in total. The van der Waals surface area contributed by atoms with Gasteiger partial charge < -0.3 is 10.6 Å². The van der Waals surface area contributed by atoms with Crippen LogP contribution in [0.1, 0.15) is 11.6 Å². The summed E-state index contributed by atoms with van der Waals surface area (Å²) < 4.78 is 2.19. The second-order valence-electron chi connectivity index (χ2n) is 4.94. The molecule has 0 fully saturated rings. The summed E-state index contributed by atoms with van der Waals surface area (Å²) in [6.07, 6.45) is 0. The number of amides is 1. The minimum atomic E-state index is -0.369. The van der Waals surface area contributed by atoms with E-state index < -0.39 is 0 Å². The number of carbonyl (C=O) groups excluding carboxylic acids is 1. The van der Waals surface area contributed by atoms with Crippen LogP contribution in [0.4, 0.5) is 11.4 Å². The molecule has 2 aromatic carbocycles. The molecule has 1 aliphatic rings. The fourth-order valence-corrected chi connectivity index (χ4v) is 4.00. The molecule has 104 valence electrons. The predicted octanol–water partition coefficient (Wildman–Crippen LogP) is 4.77. The van der Waals surface area contributed by atoms with E-state index in [0.29, 0.717) is 0 Å². The number of halogens is 1. The van der Waals surface area contributed by atoms with Crippen LogP contribution in [0.5, 0.6) is 0 Å². The van der Waals surface area contributed by atoms with Crippen molar-refractivity contribution in [2.75, 3.05) is 10.6 Å². The first-order valence-corrected chi connectivity index (χ1v) is 8.23. The van der Waals surface area contributed by atoms with Crippen molar-refractivity contribution in [3.05, 3.63) is 57.9 Å². The summed E-state index contributed by atoms with van der Waals surface area (Å²) in [6, 6.07) is 13.7. The molecule has 1 amide bonds. The molecule has 5 heteroatoms. The lowest BCUT2D eigenvalue weighted by Crippen LogP contribution is -2.19. The van der Waals surface area contributed by atoms with E-state index in [4.69, 9.17) is 0 Å². The van der Waals surface area contributed by atoms with Crippen LogP contribution in [0.15, 0.2) is 52.3 Å². The number of fused-ring (bicyclic) bond motifs is 2. The standard InChI is InChI=1S/C16H11BrN2OS/c17-11-2-1-3-12-14(11)15(16(20)19-12)18-10-4-5-13-9(8-10)6-7-21-13/h1-8,15,18H,(H,19,20). The number of benzene rings is 2. The maximum absolute atomic E-state index is 12.2. The number of thiophene rings is 1. The molecule has 1 atom stereocenters. The third-order valence-corrected chi connectivity index (χ3v) is 5.21. The van der Waals surface area contributed by atoms with E-state index >= 15 is 0 Å². The Balaban J connectivity index is 1.73. The summed E-state index contributed by atoms with van der Waals surface area (Å²) >= 11 is 5.25. The molecular formula is C16H11BrN2OS. The fourth-order valence-electron chi connectivity index (χ4n) is 2.64. The van der Waals surface area contributed by atoms with Crippen molar-refractivity contribution in [2.24, 2.45) is 0 Å². The number of carbonyl (C=O) groups is 1. The summed E-state index contributed by atoms with van der Waals surface area (Å²) in [5.74, 6) is -0.0256. The predicted molar refractivity (Wildman–Crippen MR) is 91.0 cm³/mol. The average Bonchev–Trinajstić information content (AvgIpc) is 3.04. The van der Waals surface area contributed by atoms with Crippen molar-refractivity contribution < 1.29 is 4.79 Å². The molecule has 0 saturated heterocycles. The molecule has 2 N–H and O–H groups in total. The SMILES string of the molecule is O=C1Nc2cccc(Br)c2C1Nc1ccc2sccc2c1. The van der Waals surface area contributed by atoms with Gasteiger partial charge in [-0.15, -0.1) is 11.3 Å². The Labute approximate surface area is 134 Å². The summed E-state index contributed by atoms with van der Waals surface area (Å²) in [5.41, 5.74) is 2.78. The van der Waals surface area contributed by atoms with Gasteiger partial charge >= 0.3 is 0 Å². The Morgan fingerprint density at radius 1 is 1.19 bits per heavy atom. The van der Waals surface area contributed by atoms with Crippen LogP contribution in [0.25, 0.3) is 10.1 Å². The lowest BCUT2D eigenvalue weighted by Gasteiger charge is -2.14. The summed E-state index contributed by atoms with van der Waals surface area (Å²) in [6.45, 7) is 0. The van der Waals surface area contributed by atoms with E-state index in [1.54, 1.807) is 11.3 Å². The van der Waals surface area contributed by atoms with E-state index in [1.807, 2.05) is 24.3 Å². The van der Waals surface area contributed by atoms with Gasteiger partial charge in [-0.3, -0.25) is 4.79 Å². The Kier molecular flexibility index (Phi) is 2.97. The smallest absolute Gasteiger partial charge is 0.251 e. The maximum atomic E-state index is 12.2. The molecule has 0 bridgehead atoms. The first-order valence-electron chi connectivity index (χ1n) is 6.55. The highest BCUT2D eigenvalue weighted by molar-refractivity contribution is 9.10. The number of rotatable bonds is 2. The van der Waals surface area contributed by atoms with Crippen LogP contribution in [-0.4, -0.2) is 5.91 Å². The summed E-state index contributed by atoms with van der Waals surface area (Å²) in [4.78, 5) is 12.2. The molecule has 4 rings (SSSR count). The number of anilines is 2. The quantitative estimate of drug-likeness (QED) is 0.692. The Bertz CT molecular complexity index is 858. The van der Waals surface area contributed by atoms with E-state index in [1.165, 1.54) is 10.1 Å². The molecule has 1 aromatic heterocycles. The third-order valence-electron chi connectivity index (χ3n) is 3.63. The van der Waals surface area contributed by atoms with Gasteiger partial charge in [0.05, 0.1) is 0 Å². The van der Waals surface area contributed by atoms with Crippen molar-refractivity contribution in [1.82, 2.24) is 0 Å². The Hall–Kier alpha value is -1.85. The highest BCUT2D eigenvalue weighted by Gasteiger charge is 2.32. The van der Waals surface area contributed by atoms with Crippen molar-refractivity contribution in [1.29, 1.82) is 0 Å². The van der Waals surface area contributed by atoms with Gasteiger partial charge in [-0.1, -0.05) is 22.0 Å². The largest absolute Gasteiger partial charge is 0.370 e. The normalized spacial score (nSPS) is 16.8. The van der Waals surface area contributed by atoms with Gasteiger partial charge in [0, 0.05) is 26.1 Å². The van der Waals surface area contributed by atoms with Gasteiger partial charge in [0.1, 0.15) is 6.04 Å². The molecule has 21 heavy (non-hydrogen) atoms. The van der Waals surface area contributed by atoms with Gasteiger partial charge in [0.2, 0.25) is 0 Å². The van der Waals surface area contributed by atoms with E-state index in [2.05, 4.69) is 50.1 Å². The van der Waals surface area contributed by atoms with Crippen LogP contribution >= 0.6 is 27.3 Å². The molecule has 0 spiro atoms. The fraction of sp³-hybridized carbons (Fsp3) is 0.0625. The van der Waals surface area contributed by atoms with Crippen molar-refractivity contribution in [3.63, 3.8) is 0 Å². The zero-order chi connectivity index (χ0) is 14.4. The molecular weight excluding hydrogens is 348 g/mol. The topological polar surface area (TPSA) is 41.1 Å². The molecule has 0 radical (unpaired) electrons. The van der Waals surface area contributed by atoms with Crippen LogP contribution in [0.2, 0.25) is 0 Å². The highest BCUT2D eigenvalue weighted by atomic mass is 79.9. The van der Waals surface area contributed by atoms with Gasteiger partial charge in [-0.05, 0) is 47.2 Å². The van der Waals surface area contributed by atoms with Crippen LogP contribution < -0.4 is 10.6 Å². The molecule has 1 unspecified atom stereocenters. The molecule has 0 aliphatic carbocycles. The number of nitrogens with one attached hydrogen (secondary N) is 2. The maximum Gasteiger partial charge on any atom is 0.251 e. The van der Waals surface area contributed by atoms with Gasteiger partial charge in [0.25, 0.3) is 5.91 Å². The molecule has 3 aromatic rings. The van der Waals surface area contributed by atoms with Crippen LogP contribution in [0.3, 0.4) is 0 Å². The van der Waals surface area contributed by atoms with Crippen molar-refractivity contribution in [2.45, 2.75) is 6.04 Å². The van der Waals surface area contributed by atoms with Crippen molar-refractivity contribution in [3.8, 4) is 0 Å². The molecule has 1 aliphatic heterocycles. The minimum absolute atomic E-state index is 0.0256. The lowest BCUT2D eigenvalue weighted by atomic mass is 10.1. The highest BCUT2D eigenvalue weighted by Crippen LogP contribution is 2.38. The minimum Gasteiger partial charge on any atom is -0.370 e. The van der Waals surface area contributed by atoms with Gasteiger partial charge in [-0.2, -0.15) is 0 Å². The lowest BCUT2D eigenvalue weighted by molar-refractivity contribution is -0.116. The summed E-state index contributed by atoms with van der Waals surface area (Å²) in [7, 11) is 0. The molecule has 2 heterocycles. The molecule has 0 saturated carbocycles. The van der Waals surface area contributed by atoms with Gasteiger partial charge in [-0.25, -0.2) is 0 Å². The first-order chi connectivity index (χ1) is 10.2. The van der Waals surface area contributed by atoms with Crippen molar-refractivity contribution >= 4 is 54.6 Å². The van der Waals surface area contributed by atoms with Crippen LogP contribution in [-0.2, 0) is 4.79 Å². The van der Waals surface area contributed by atoms with E-state index in [0.717, 1.165) is 21.4 Å². The number of hydrogen-bond donors (Lipinski definition) is 2. The second kappa shape index (κ2) is 4.86. The Morgan fingerprint density at radius 3 is 3.00 bits per heavy atom. The second-order valence-corrected chi connectivity index (χ2v) is 6.74. The monoisotopic (exact) mass is 358 g/mol. The summed E-state index contributed by atoms with van der Waals surface area (Å²) in [5, 5.41) is 9.51.